The van der Waals surface area contributed by atoms with E-state index in [1.54, 1.807) is 18.5 Å². The van der Waals surface area contributed by atoms with E-state index in [-0.39, 0.29) is 11.2 Å². The zero-order chi connectivity index (χ0) is 13.2. The molecule has 100 valence electrons. The van der Waals surface area contributed by atoms with Gasteiger partial charge in [0.1, 0.15) is 9.84 Å². The van der Waals surface area contributed by atoms with Gasteiger partial charge < -0.3 is 5.11 Å². The molecular formula is C13H19NO3S. The van der Waals surface area contributed by atoms with E-state index in [1.807, 2.05) is 6.07 Å². The highest BCUT2D eigenvalue weighted by molar-refractivity contribution is 7.91. The molecule has 3 unspecified atom stereocenters. The van der Waals surface area contributed by atoms with Gasteiger partial charge >= 0.3 is 0 Å². The van der Waals surface area contributed by atoms with Crippen LogP contribution in [0.5, 0.6) is 0 Å². The Morgan fingerprint density at radius 1 is 1.44 bits per heavy atom. The van der Waals surface area contributed by atoms with Gasteiger partial charge in [-0.3, -0.25) is 4.98 Å². The highest BCUT2D eigenvalue weighted by atomic mass is 32.2. The van der Waals surface area contributed by atoms with E-state index >= 15 is 0 Å². The molecule has 1 N–H and O–H groups in total. The summed E-state index contributed by atoms with van der Waals surface area (Å²) >= 11 is 0. The maximum Gasteiger partial charge on any atom is 0.150 e. The molecule has 0 amide bonds. The number of hydrogen-bond acceptors (Lipinski definition) is 4. The largest absolute Gasteiger partial charge is 0.388 e. The first kappa shape index (κ1) is 13.5. The lowest BCUT2D eigenvalue weighted by molar-refractivity contribution is 0.0854. The summed E-state index contributed by atoms with van der Waals surface area (Å²) in [5.74, 6) is 0.0164. The van der Waals surface area contributed by atoms with Gasteiger partial charge in [-0.1, -0.05) is 12.5 Å². The first-order valence-corrected chi connectivity index (χ1v) is 8.21. The van der Waals surface area contributed by atoms with Gasteiger partial charge in [0.25, 0.3) is 0 Å². The number of hydrogen-bond donors (Lipinski definition) is 1. The Labute approximate surface area is 108 Å². The molecule has 5 heteroatoms. The minimum absolute atomic E-state index is 0.0164. The zero-order valence-corrected chi connectivity index (χ0v) is 11.3. The first-order valence-electron chi connectivity index (χ1n) is 6.25. The second-order valence-corrected chi connectivity index (χ2v) is 7.44. The topological polar surface area (TPSA) is 67.3 Å². The second-order valence-electron chi connectivity index (χ2n) is 5.11. The summed E-state index contributed by atoms with van der Waals surface area (Å²) in [6.07, 6.45) is 7.00. The smallest absolute Gasteiger partial charge is 0.150 e. The Hall–Kier alpha value is -0.940. The first-order chi connectivity index (χ1) is 8.48. The SMILES string of the molecule is CS(=O)(=O)C1CCCC(C(O)c2cccnc2)C1. The van der Waals surface area contributed by atoms with Gasteiger partial charge in [-0.2, -0.15) is 0 Å². The van der Waals surface area contributed by atoms with Gasteiger partial charge in [-0.25, -0.2) is 8.42 Å². The number of rotatable bonds is 3. The molecule has 1 heterocycles. The van der Waals surface area contributed by atoms with Gasteiger partial charge in [0.2, 0.25) is 0 Å². The monoisotopic (exact) mass is 269 g/mol. The van der Waals surface area contributed by atoms with E-state index in [1.165, 1.54) is 6.26 Å². The van der Waals surface area contributed by atoms with E-state index in [9.17, 15) is 13.5 Å². The lowest BCUT2D eigenvalue weighted by Gasteiger charge is -2.31. The molecule has 0 bridgehead atoms. The van der Waals surface area contributed by atoms with E-state index in [4.69, 9.17) is 0 Å². The molecule has 1 aliphatic carbocycles. The molecule has 0 spiro atoms. The van der Waals surface area contributed by atoms with Crippen LogP contribution < -0.4 is 0 Å². The average Bonchev–Trinajstić information content (AvgIpc) is 2.38. The molecule has 0 saturated heterocycles. The summed E-state index contributed by atoms with van der Waals surface area (Å²) in [4.78, 5) is 3.99. The third-order valence-electron chi connectivity index (χ3n) is 3.74. The van der Waals surface area contributed by atoms with Crippen LogP contribution in [-0.4, -0.2) is 30.0 Å². The minimum Gasteiger partial charge on any atom is -0.388 e. The van der Waals surface area contributed by atoms with Crippen LogP contribution >= 0.6 is 0 Å². The van der Waals surface area contributed by atoms with Crippen molar-refractivity contribution >= 4 is 9.84 Å². The highest BCUT2D eigenvalue weighted by Crippen LogP contribution is 2.36. The summed E-state index contributed by atoms with van der Waals surface area (Å²) < 4.78 is 23.2. The highest BCUT2D eigenvalue weighted by Gasteiger charge is 2.32. The second kappa shape index (κ2) is 5.36. The van der Waals surface area contributed by atoms with Crippen molar-refractivity contribution in [3.63, 3.8) is 0 Å². The maximum absolute atomic E-state index is 11.6. The summed E-state index contributed by atoms with van der Waals surface area (Å²) in [7, 11) is -3.00. The number of pyridine rings is 1. The van der Waals surface area contributed by atoms with E-state index in [0.29, 0.717) is 6.42 Å². The fourth-order valence-electron chi connectivity index (χ4n) is 2.68. The van der Waals surface area contributed by atoms with Crippen LogP contribution in [0.2, 0.25) is 0 Å². The molecule has 18 heavy (non-hydrogen) atoms. The van der Waals surface area contributed by atoms with Gasteiger partial charge in [0, 0.05) is 18.6 Å². The normalized spacial score (nSPS) is 26.8. The molecule has 1 saturated carbocycles. The molecule has 2 rings (SSSR count). The van der Waals surface area contributed by atoms with Crippen molar-refractivity contribution in [2.45, 2.75) is 37.0 Å². The van der Waals surface area contributed by atoms with Crippen molar-refractivity contribution in [1.82, 2.24) is 4.98 Å². The van der Waals surface area contributed by atoms with Crippen LogP contribution in [0.1, 0.15) is 37.4 Å². The van der Waals surface area contributed by atoms with Crippen LogP contribution in [0.25, 0.3) is 0 Å². The molecule has 1 aliphatic rings. The fourth-order valence-corrected chi connectivity index (χ4v) is 3.87. The lowest BCUT2D eigenvalue weighted by atomic mass is 9.83. The predicted octanol–water partition coefficient (Wildman–Crippen LogP) is 1.72. The molecule has 0 radical (unpaired) electrons. The van der Waals surface area contributed by atoms with E-state index in [0.717, 1.165) is 24.8 Å². The van der Waals surface area contributed by atoms with Crippen molar-refractivity contribution < 1.29 is 13.5 Å². The van der Waals surface area contributed by atoms with Crippen LogP contribution in [-0.2, 0) is 9.84 Å². The van der Waals surface area contributed by atoms with Crippen LogP contribution in [0.15, 0.2) is 24.5 Å². The zero-order valence-electron chi connectivity index (χ0n) is 10.5. The van der Waals surface area contributed by atoms with E-state index < -0.39 is 15.9 Å². The van der Waals surface area contributed by atoms with Gasteiger partial charge in [-0.15, -0.1) is 0 Å². The number of aliphatic hydroxyl groups excluding tert-OH is 1. The number of aromatic nitrogens is 1. The predicted molar refractivity (Wildman–Crippen MR) is 69.8 cm³/mol. The van der Waals surface area contributed by atoms with Crippen LogP contribution in [0.4, 0.5) is 0 Å². The Kier molecular flexibility index (Phi) is 4.02. The average molecular weight is 269 g/mol. The van der Waals surface area contributed by atoms with Crippen LogP contribution in [0.3, 0.4) is 0 Å². The molecule has 4 nitrogen and oxygen atoms in total. The van der Waals surface area contributed by atoms with Crippen molar-refractivity contribution in [3.8, 4) is 0 Å². The van der Waals surface area contributed by atoms with Gasteiger partial charge in [0.15, 0.2) is 0 Å². The Morgan fingerprint density at radius 2 is 2.22 bits per heavy atom. The number of nitrogens with zero attached hydrogens (tertiary/aromatic N) is 1. The molecular weight excluding hydrogens is 250 g/mol. The van der Waals surface area contributed by atoms with Crippen LogP contribution in [0, 0.1) is 5.92 Å². The van der Waals surface area contributed by atoms with Crippen molar-refractivity contribution in [2.75, 3.05) is 6.26 Å². The molecule has 1 aromatic rings. The Bertz CT molecular complexity index is 486. The molecule has 1 aromatic heterocycles. The van der Waals surface area contributed by atoms with Crippen molar-refractivity contribution in [2.24, 2.45) is 5.92 Å². The van der Waals surface area contributed by atoms with Gasteiger partial charge in [-0.05, 0) is 36.8 Å². The standard InChI is InChI=1S/C13H19NO3S/c1-18(16,17)12-6-2-4-10(8-12)13(15)11-5-3-7-14-9-11/h3,5,7,9-10,12-13,15H,2,4,6,8H2,1H3. The lowest BCUT2D eigenvalue weighted by Crippen LogP contribution is -2.30. The summed E-state index contributed by atoms with van der Waals surface area (Å²) in [5.41, 5.74) is 0.775. The van der Waals surface area contributed by atoms with Gasteiger partial charge in [0.05, 0.1) is 11.4 Å². The summed E-state index contributed by atoms with van der Waals surface area (Å²) in [6, 6.07) is 3.62. The Balaban J connectivity index is 2.10. The van der Waals surface area contributed by atoms with Crippen molar-refractivity contribution in [3.05, 3.63) is 30.1 Å². The number of aliphatic hydroxyl groups is 1. The van der Waals surface area contributed by atoms with Crippen molar-refractivity contribution in [1.29, 1.82) is 0 Å². The van der Waals surface area contributed by atoms with E-state index in [2.05, 4.69) is 4.98 Å². The molecule has 0 aliphatic heterocycles. The molecule has 1 fully saturated rings. The molecule has 0 aromatic carbocycles. The molecule has 3 atom stereocenters. The third-order valence-corrected chi connectivity index (χ3v) is 5.38. The maximum atomic E-state index is 11.6. The summed E-state index contributed by atoms with van der Waals surface area (Å²) in [6.45, 7) is 0. The minimum atomic E-state index is -3.00. The third kappa shape index (κ3) is 3.09. The number of sulfone groups is 1. The quantitative estimate of drug-likeness (QED) is 0.907. The fraction of sp³-hybridized carbons (Fsp3) is 0.615. The Morgan fingerprint density at radius 3 is 2.83 bits per heavy atom. The summed E-state index contributed by atoms with van der Waals surface area (Å²) in [5, 5.41) is 9.99.